The number of carbonyl (C=O) groups is 4. The van der Waals surface area contributed by atoms with Gasteiger partial charge in [-0.1, -0.05) is 20.8 Å². The number of methoxy groups -OCH3 is 1. The van der Waals surface area contributed by atoms with Crippen LogP contribution in [0.5, 0.6) is 0 Å². The molecule has 0 saturated heterocycles. The molecular formula is C25H36O5. The van der Waals surface area contributed by atoms with Gasteiger partial charge >= 0.3 is 5.97 Å². The van der Waals surface area contributed by atoms with Crippen LogP contribution >= 0.6 is 0 Å². The molecule has 5 heteroatoms. The second kappa shape index (κ2) is 7.56. The maximum absolute atomic E-state index is 13.7. The quantitative estimate of drug-likeness (QED) is 0.643. The van der Waals surface area contributed by atoms with E-state index in [1.54, 1.807) is 0 Å². The van der Waals surface area contributed by atoms with Gasteiger partial charge in [-0.25, -0.2) is 0 Å². The highest BCUT2D eigenvalue weighted by atomic mass is 16.5. The van der Waals surface area contributed by atoms with E-state index >= 15 is 0 Å². The van der Waals surface area contributed by atoms with E-state index in [-0.39, 0.29) is 52.7 Å². The topological polar surface area (TPSA) is 77.5 Å². The number of carbonyl (C=O) groups excluding carboxylic acids is 4. The van der Waals surface area contributed by atoms with Gasteiger partial charge in [-0.05, 0) is 60.7 Å². The van der Waals surface area contributed by atoms with Crippen molar-refractivity contribution in [3.63, 3.8) is 0 Å². The maximum Gasteiger partial charge on any atom is 0.305 e. The third kappa shape index (κ3) is 3.10. The molecule has 3 unspecified atom stereocenters. The first-order valence-corrected chi connectivity index (χ1v) is 11.8. The highest BCUT2D eigenvalue weighted by molar-refractivity contribution is 5.93. The van der Waals surface area contributed by atoms with E-state index in [9.17, 15) is 19.2 Å². The first-order chi connectivity index (χ1) is 14.1. The molecule has 0 aliphatic heterocycles. The molecule has 0 radical (unpaired) electrons. The van der Waals surface area contributed by atoms with Crippen LogP contribution in [-0.2, 0) is 23.9 Å². The predicted octanol–water partition coefficient (Wildman–Crippen LogP) is 4.16. The van der Waals surface area contributed by atoms with Crippen LogP contribution in [0.1, 0.15) is 78.6 Å². The van der Waals surface area contributed by atoms with Gasteiger partial charge in [0.25, 0.3) is 0 Å². The Balaban J connectivity index is 1.60. The summed E-state index contributed by atoms with van der Waals surface area (Å²) >= 11 is 0. The fraction of sp³-hybridized carbons (Fsp3) is 0.840. The minimum Gasteiger partial charge on any atom is -0.469 e. The van der Waals surface area contributed by atoms with Crippen LogP contribution in [-0.4, -0.2) is 30.4 Å². The molecule has 5 nitrogen and oxygen atoms in total. The summed E-state index contributed by atoms with van der Waals surface area (Å²) in [6.45, 7) is 6.50. The summed E-state index contributed by atoms with van der Waals surface area (Å²) in [6.07, 6.45) is 5.87. The zero-order valence-electron chi connectivity index (χ0n) is 18.9. The van der Waals surface area contributed by atoms with Crippen molar-refractivity contribution in [2.75, 3.05) is 7.11 Å². The molecule has 0 spiro atoms. The zero-order valence-corrected chi connectivity index (χ0v) is 18.9. The normalized spacial score (nSPS) is 44.1. The van der Waals surface area contributed by atoms with Crippen molar-refractivity contribution >= 4 is 23.3 Å². The highest BCUT2D eigenvalue weighted by Gasteiger charge is 2.66. The van der Waals surface area contributed by atoms with E-state index < -0.39 is 5.41 Å². The lowest BCUT2D eigenvalue weighted by Crippen LogP contribution is -2.60. The third-order valence-electron chi connectivity index (χ3n) is 9.94. The minimum atomic E-state index is -0.472. The molecule has 4 saturated carbocycles. The molecule has 166 valence electrons. The monoisotopic (exact) mass is 416 g/mol. The molecule has 0 amide bonds. The van der Waals surface area contributed by atoms with Gasteiger partial charge < -0.3 is 4.74 Å². The van der Waals surface area contributed by atoms with Gasteiger partial charge in [0.05, 0.1) is 7.11 Å². The number of ketones is 3. The van der Waals surface area contributed by atoms with Gasteiger partial charge in [-0.2, -0.15) is 0 Å². The number of Topliss-reactive ketones (excluding diaryl/α,β-unsaturated/α-hetero) is 3. The first kappa shape index (κ1) is 21.7. The number of esters is 1. The van der Waals surface area contributed by atoms with Crippen molar-refractivity contribution in [1.82, 2.24) is 0 Å². The Hall–Kier alpha value is -1.52. The summed E-state index contributed by atoms with van der Waals surface area (Å²) < 4.78 is 4.80. The second-order valence-corrected chi connectivity index (χ2v) is 11.0. The van der Waals surface area contributed by atoms with E-state index in [0.29, 0.717) is 43.7 Å². The number of fused-ring (bicyclic) bond motifs is 5. The van der Waals surface area contributed by atoms with Crippen molar-refractivity contribution in [2.24, 2.45) is 46.3 Å². The number of hydrogen-bond donors (Lipinski definition) is 0. The van der Waals surface area contributed by atoms with Crippen LogP contribution in [0, 0.1) is 46.3 Å². The standard InChI is InChI=1S/C25H36O5/c1-14(5-8-22(29)30-4)17-6-7-18-23-19(13-21(28)25(17,18)3)24(2)10-9-16(26)11-15(24)12-20(23)27/h14-15,17-19,23H,5-13H2,1-4H3/t14-,15-,17+,18?,19?,23?,24-,25+/m0/s1. The molecular weight excluding hydrogens is 380 g/mol. The lowest BCUT2D eigenvalue weighted by atomic mass is 9.44. The van der Waals surface area contributed by atoms with Crippen molar-refractivity contribution in [1.29, 1.82) is 0 Å². The fourth-order valence-corrected chi connectivity index (χ4v) is 8.04. The molecule has 4 rings (SSSR count). The van der Waals surface area contributed by atoms with Crippen LogP contribution in [0.25, 0.3) is 0 Å². The molecule has 8 atom stereocenters. The molecule has 0 aromatic rings. The maximum atomic E-state index is 13.7. The van der Waals surface area contributed by atoms with Gasteiger partial charge in [-0.15, -0.1) is 0 Å². The molecule has 4 aliphatic carbocycles. The van der Waals surface area contributed by atoms with Crippen molar-refractivity contribution in [3.05, 3.63) is 0 Å². The summed E-state index contributed by atoms with van der Waals surface area (Å²) in [5, 5.41) is 0. The average molecular weight is 417 g/mol. The first-order valence-electron chi connectivity index (χ1n) is 11.8. The number of ether oxygens (including phenoxy) is 1. The number of rotatable bonds is 4. The molecule has 4 fully saturated rings. The molecule has 0 bridgehead atoms. The Morgan fingerprint density at radius 1 is 1.10 bits per heavy atom. The van der Waals surface area contributed by atoms with Crippen LogP contribution in [0.2, 0.25) is 0 Å². The Morgan fingerprint density at radius 2 is 1.83 bits per heavy atom. The Labute approximate surface area is 179 Å². The number of hydrogen-bond acceptors (Lipinski definition) is 5. The Kier molecular flexibility index (Phi) is 5.47. The third-order valence-corrected chi connectivity index (χ3v) is 9.94. The van der Waals surface area contributed by atoms with E-state index in [4.69, 9.17) is 4.74 Å². The van der Waals surface area contributed by atoms with Gasteiger partial charge in [0.15, 0.2) is 0 Å². The van der Waals surface area contributed by atoms with Gasteiger partial charge in [0.1, 0.15) is 17.3 Å². The minimum absolute atomic E-state index is 0.0417. The van der Waals surface area contributed by atoms with Crippen molar-refractivity contribution in [2.45, 2.75) is 78.6 Å². The molecule has 0 aromatic carbocycles. The Morgan fingerprint density at radius 3 is 2.53 bits per heavy atom. The van der Waals surface area contributed by atoms with Crippen LogP contribution in [0.15, 0.2) is 0 Å². The van der Waals surface area contributed by atoms with Gasteiger partial charge in [0, 0.05) is 43.4 Å². The second-order valence-electron chi connectivity index (χ2n) is 11.0. The predicted molar refractivity (Wildman–Crippen MR) is 111 cm³/mol. The van der Waals surface area contributed by atoms with Crippen molar-refractivity contribution in [3.8, 4) is 0 Å². The lowest BCUT2D eigenvalue weighted by molar-refractivity contribution is -0.166. The Bertz CT molecular complexity index is 772. The average Bonchev–Trinajstić information content (AvgIpc) is 3.06. The highest BCUT2D eigenvalue weighted by Crippen LogP contribution is 2.66. The van der Waals surface area contributed by atoms with Gasteiger partial charge in [0.2, 0.25) is 0 Å². The molecule has 0 heterocycles. The summed E-state index contributed by atoms with van der Waals surface area (Å²) in [5.74, 6) is 1.41. The smallest absolute Gasteiger partial charge is 0.305 e. The largest absolute Gasteiger partial charge is 0.469 e. The molecule has 4 aliphatic rings. The van der Waals surface area contributed by atoms with E-state index in [0.717, 1.165) is 25.7 Å². The summed E-state index contributed by atoms with van der Waals surface area (Å²) in [6, 6.07) is 0. The van der Waals surface area contributed by atoms with Crippen molar-refractivity contribution < 1.29 is 23.9 Å². The fourth-order valence-electron chi connectivity index (χ4n) is 8.04. The summed E-state index contributed by atoms with van der Waals surface area (Å²) in [4.78, 5) is 50.7. The molecule has 0 N–H and O–H groups in total. The summed E-state index contributed by atoms with van der Waals surface area (Å²) in [7, 11) is 1.41. The SMILES string of the molecule is COC(=O)CC[C@H](C)[C@H]1CCC2C3C(=O)C[C@@H]4CC(=O)CC[C@]4(C)C3CC(=O)[C@@]21C. The van der Waals surface area contributed by atoms with Gasteiger partial charge in [-0.3, -0.25) is 19.2 Å². The van der Waals surface area contributed by atoms with Crippen LogP contribution < -0.4 is 0 Å². The lowest BCUT2D eigenvalue weighted by Gasteiger charge is -2.58. The van der Waals surface area contributed by atoms with Crippen LogP contribution in [0.3, 0.4) is 0 Å². The molecule has 30 heavy (non-hydrogen) atoms. The van der Waals surface area contributed by atoms with E-state index in [2.05, 4.69) is 20.8 Å². The van der Waals surface area contributed by atoms with E-state index in [1.165, 1.54) is 7.11 Å². The molecule has 0 aromatic heterocycles. The summed E-state index contributed by atoms with van der Waals surface area (Å²) in [5.41, 5.74) is -0.544. The van der Waals surface area contributed by atoms with Crippen LogP contribution in [0.4, 0.5) is 0 Å². The zero-order chi connectivity index (χ0) is 21.8. The van der Waals surface area contributed by atoms with E-state index in [1.807, 2.05) is 0 Å².